The van der Waals surface area contributed by atoms with Crippen LogP contribution in [0.4, 0.5) is 10.8 Å². The summed E-state index contributed by atoms with van der Waals surface area (Å²) in [4.78, 5) is 17.5. The molecule has 0 radical (unpaired) electrons. The van der Waals surface area contributed by atoms with E-state index in [9.17, 15) is 13.2 Å². The predicted octanol–water partition coefficient (Wildman–Crippen LogP) is 4.50. The highest BCUT2D eigenvalue weighted by molar-refractivity contribution is 7.98. The zero-order chi connectivity index (χ0) is 20.1. The number of carbonyl (C=O) groups is 1. The minimum Gasteiger partial charge on any atom is -0.326 e. The van der Waals surface area contributed by atoms with Gasteiger partial charge in [-0.3, -0.25) is 9.52 Å². The number of rotatable bonds is 7. The van der Waals surface area contributed by atoms with Gasteiger partial charge in [-0.1, -0.05) is 17.7 Å². The standard InChI is InChI=1S/C18H16ClN3O3S3/c1-26-15-4-2-3-13(9-15)20-17(23)10-14-11-27-18(21-14)22-28(24,25)16-7-5-12(19)6-8-16/h2-9,11H,10H2,1H3,(H,20,23)(H,21,22). The van der Waals surface area contributed by atoms with Gasteiger partial charge in [0, 0.05) is 21.0 Å². The van der Waals surface area contributed by atoms with Gasteiger partial charge in [-0.15, -0.1) is 23.1 Å². The van der Waals surface area contributed by atoms with E-state index in [1.807, 2.05) is 30.5 Å². The number of hydrogen-bond donors (Lipinski definition) is 2. The highest BCUT2D eigenvalue weighted by Crippen LogP contribution is 2.22. The van der Waals surface area contributed by atoms with Crippen molar-refractivity contribution < 1.29 is 13.2 Å². The van der Waals surface area contributed by atoms with Crippen LogP contribution in [0.3, 0.4) is 0 Å². The Labute approximate surface area is 176 Å². The van der Waals surface area contributed by atoms with E-state index < -0.39 is 10.0 Å². The number of carbonyl (C=O) groups excluding carboxylic acids is 1. The van der Waals surface area contributed by atoms with Crippen molar-refractivity contribution >= 4 is 61.4 Å². The fraction of sp³-hybridized carbons (Fsp3) is 0.111. The number of halogens is 1. The summed E-state index contributed by atoms with van der Waals surface area (Å²) in [6, 6.07) is 13.3. The van der Waals surface area contributed by atoms with Crippen molar-refractivity contribution in [3.05, 3.63) is 64.6 Å². The van der Waals surface area contributed by atoms with E-state index in [2.05, 4.69) is 15.0 Å². The van der Waals surface area contributed by atoms with Crippen molar-refractivity contribution in [2.75, 3.05) is 16.3 Å². The molecule has 0 atom stereocenters. The van der Waals surface area contributed by atoms with Crippen molar-refractivity contribution in [1.82, 2.24) is 4.98 Å². The third-order valence-corrected chi connectivity index (χ3v) is 6.86. The lowest BCUT2D eigenvalue weighted by molar-refractivity contribution is -0.115. The molecule has 6 nitrogen and oxygen atoms in total. The summed E-state index contributed by atoms with van der Waals surface area (Å²) in [5.41, 5.74) is 1.19. The minimum absolute atomic E-state index is 0.0443. The zero-order valence-corrected chi connectivity index (χ0v) is 17.9. The summed E-state index contributed by atoms with van der Waals surface area (Å²) in [7, 11) is -3.77. The fourth-order valence-electron chi connectivity index (χ4n) is 2.29. The molecule has 0 unspecified atom stereocenters. The van der Waals surface area contributed by atoms with Crippen LogP contribution in [-0.2, 0) is 21.2 Å². The van der Waals surface area contributed by atoms with Crippen LogP contribution in [0.15, 0.2) is 63.7 Å². The molecule has 0 saturated heterocycles. The molecule has 0 aliphatic heterocycles. The van der Waals surface area contributed by atoms with E-state index in [1.54, 1.807) is 17.1 Å². The number of nitrogens with zero attached hydrogens (tertiary/aromatic N) is 1. The maximum Gasteiger partial charge on any atom is 0.263 e. The number of anilines is 2. The monoisotopic (exact) mass is 453 g/mol. The predicted molar refractivity (Wildman–Crippen MR) is 115 cm³/mol. The van der Waals surface area contributed by atoms with Crippen molar-refractivity contribution in [2.24, 2.45) is 0 Å². The normalized spacial score (nSPS) is 11.2. The quantitative estimate of drug-likeness (QED) is 0.514. The third-order valence-electron chi connectivity index (χ3n) is 3.59. The fourth-order valence-corrected chi connectivity index (χ4v) is 4.84. The molecule has 2 aromatic carbocycles. The molecule has 0 aliphatic carbocycles. The molecule has 28 heavy (non-hydrogen) atoms. The van der Waals surface area contributed by atoms with Crippen molar-refractivity contribution in [2.45, 2.75) is 16.2 Å². The summed E-state index contributed by atoms with van der Waals surface area (Å²) in [6.45, 7) is 0. The van der Waals surface area contributed by atoms with Crippen LogP contribution in [0.2, 0.25) is 5.02 Å². The number of benzene rings is 2. The Morgan fingerprint density at radius 1 is 1.21 bits per heavy atom. The van der Waals surface area contributed by atoms with E-state index >= 15 is 0 Å². The van der Waals surface area contributed by atoms with Crippen LogP contribution < -0.4 is 10.0 Å². The second kappa shape index (κ2) is 8.95. The second-order valence-electron chi connectivity index (χ2n) is 5.66. The highest BCUT2D eigenvalue weighted by atomic mass is 35.5. The van der Waals surface area contributed by atoms with Crippen LogP contribution in [0.5, 0.6) is 0 Å². The van der Waals surface area contributed by atoms with Gasteiger partial charge in [-0.25, -0.2) is 13.4 Å². The van der Waals surface area contributed by atoms with Crippen LogP contribution in [0.1, 0.15) is 5.69 Å². The van der Waals surface area contributed by atoms with Gasteiger partial charge in [0.25, 0.3) is 10.0 Å². The Balaban J connectivity index is 1.63. The number of aromatic nitrogens is 1. The topological polar surface area (TPSA) is 88.2 Å². The summed E-state index contributed by atoms with van der Waals surface area (Å²) >= 11 is 8.49. The maximum absolute atomic E-state index is 12.4. The molecule has 1 aromatic heterocycles. The molecule has 0 fully saturated rings. The van der Waals surface area contributed by atoms with Gasteiger partial charge in [0.15, 0.2) is 5.13 Å². The van der Waals surface area contributed by atoms with E-state index in [1.165, 1.54) is 24.3 Å². The van der Waals surface area contributed by atoms with E-state index in [0.29, 0.717) is 16.4 Å². The van der Waals surface area contributed by atoms with Crippen LogP contribution in [0.25, 0.3) is 0 Å². The Morgan fingerprint density at radius 3 is 2.68 bits per heavy atom. The van der Waals surface area contributed by atoms with Gasteiger partial charge in [0.1, 0.15) is 0 Å². The SMILES string of the molecule is CSc1cccc(NC(=O)Cc2csc(NS(=O)(=O)c3ccc(Cl)cc3)n2)c1. The van der Waals surface area contributed by atoms with Gasteiger partial charge in [-0.05, 0) is 48.7 Å². The summed E-state index contributed by atoms with van der Waals surface area (Å²) < 4.78 is 27.2. The molecule has 0 bridgehead atoms. The maximum atomic E-state index is 12.4. The zero-order valence-electron chi connectivity index (χ0n) is 14.7. The van der Waals surface area contributed by atoms with Gasteiger partial charge >= 0.3 is 0 Å². The van der Waals surface area contributed by atoms with Crippen LogP contribution >= 0.6 is 34.7 Å². The smallest absolute Gasteiger partial charge is 0.263 e. The second-order valence-corrected chi connectivity index (χ2v) is 9.52. The van der Waals surface area contributed by atoms with Gasteiger partial charge in [0.05, 0.1) is 17.0 Å². The van der Waals surface area contributed by atoms with Crippen molar-refractivity contribution in [1.29, 1.82) is 0 Å². The van der Waals surface area contributed by atoms with Gasteiger partial charge in [-0.2, -0.15) is 0 Å². The molecule has 2 N–H and O–H groups in total. The Kier molecular flexibility index (Phi) is 6.61. The molecule has 0 spiro atoms. The average Bonchev–Trinajstić information content (AvgIpc) is 3.08. The molecule has 3 aromatic rings. The molecule has 1 heterocycles. The Hall–Kier alpha value is -2.07. The molecule has 3 rings (SSSR count). The summed E-state index contributed by atoms with van der Waals surface area (Å²) in [6.07, 6.45) is 2.01. The van der Waals surface area contributed by atoms with Crippen LogP contribution in [0, 0.1) is 0 Å². The molecule has 146 valence electrons. The minimum atomic E-state index is -3.77. The number of hydrogen-bond acceptors (Lipinski definition) is 6. The van der Waals surface area contributed by atoms with Gasteiger partial charge in [0.2, 0.25) is 5.91 Å². The number of nitrogens with one attached hydrogen (secondary N) is 2. The molecule has 1 amide bonds. The molecular formula is C18H16ClN3O3S3. The van der Waals surface area contributed by atoms with Crippen LogP contribution in [-0.4, -0.2) is 25.6 Å². The molecular weight excluding hydrogens is 438 g/mol. The first-order chi connectivity index (χ1) is 13.4. The molecule has 10 heteroatoms. The lowest BCUT2D eigenvalue weighted by atomic mass is 10.3. The average molecular weight is 454 g/mol. The molecule has 0 saturated carbocycles. The molecule has 0 aliphatic rings. The first kappa shape index (κ1) is 20.7. The number of amides is 1. The number of thioether (sulfide) groups is 1. The van der Waals surface area contributed by atoms with Crippen molar-refractivity contribution in [3.8, 4) is 0 Å². The third kappa shape index (κ3) is 5.48. The van der Waals surface area contributed by atoms with E-state index in [0.717, 1.165) is 16.2 Å². The summed E-state index contributed by atoms with van der Waals surface area (Å²) in [5, 5.41) is 5.11. The largest absolute Gasteiger partial charge is 0.326 e. The highest BCUT2D eigenvalue weighted by Gasteiger charge is 2.17. The van der Waals surface area contributed by atoms with E-state index in [4.69, 9.17) is 11.6 Å². The Bertz CT molecular complexity index is 1080. The van der Waals surface area contributed by atoms with Gasteiger partial charge < -0.3 is 5.32 Å². The van der Waals surface area contributed by atoms with E-state index in [-0.39, 0.29) is 22.4 Å². The van der Waals surface area contributed by atoms with Crippen molar-refractivity contribution in [3.63, 3.8) is 0 Å². The first-order valence-corrected chi connectivity index (χ1v) is 12.0. The lowest BCUT2D eigenvalue weighted by Gasteiger charge is -2.06. The number of thiazole rings is 1. The summed E-state index contributed by atoms with van der Waals surface area (Å²) in [5.74, 6) is -0.226. The Morgan fingerprint density at radius 2 is 1.96 bits per heavy atom. The lowest BCUT2D eigenvalue weighted by Crippen LogP contribution is -2.15. The first-order valence-electron chi connectivity index (χ1n) is 8.02. The number of sulfonamides is 1.